The first-order chi connectivity index (χ1) is 12.7. The van der Waals surface area contributed by atoms with Crippen molar-refractivity contribution in [2.75, 3.05) is 6.61 Å². The fraction of sp³-hybridized carbons (Fsp3) is 0.727. The quantitative estimate of drug-likeness (QED) is 0.164. The van der Waals surface area contributed by atoms with E-state index in [1.165, 1.54) is 77.0 Å². The molecule has 0 amide bonds. The van der Waals surface area contributed by atoms with Crippen LogP contribution in [0, 0.1) is 40.8 Å². The summed E-state index contributed by atoms with van der Waals surface area (Å²) in [5.41, 5.74) is 0. The van der Waals surface area contributed by atoms with Crippen LogP contribution in [0.1, 0.15) is 96.8 Å². The molecule has 0 aromatic heterocycles. The Morgan fingerprint density at radius 2 is 1.07 bits per heavy atom. The topological polar surface area (TPSA) is 43.4 Å². The van der Waals surface area contributed by atoms with Gasteiger partial charge in [-0.2, -0.15) is 8.42 Å². The van der Waals surface area contributed by atoms with Crippen molar-refractivity contribution in [1.82, 2.24) is 0 Å². The second-order valence-corrected chi connectivity index (χ2v) is 8.80. The van der Waals surface area contributed by atoms with Crippen molar-refractivity contribution >= 4 is 10.1 Å². The van der Waals surface area contributed by atoms with Crippen LogP contribution in [0.2, 0.25) is 0 Å². The molecule has 0 aliphatic carbocycles. The molecule has 154 valence electrons. The predicted molar refractivity (Wildman–Crippen MR) is 110 cm³/mol. The summed E-state index contributed by atoms with van der Waals surface area (Å²) in [6.07, 6.45) is 18.0. The summed E-state index contributed by atoms with van der Waals surface area (Å²) in [7, 11) is -3.58. The van der Waals surface area contributed by atoms with Gasteiger partial charge in [0.15, 0.2) is 0 Å². The van der Waals surface area contributed by atoms with Gasteiger partial charge in [0.25, 0.3) is 10.1 Å². The van der Waals surface area contributed by atoms with Gasteiger partial charge in [0, 0.05) is 40.8 Å². The third-order valence-electron chi connectivity index (χ3n) is 4.77. The molecule has 0 saturated heterocycles. The zero-order chi connectivity index (χ0) is 18.9. The van der Waals surface area contributed by atoms with E-state index in [1.54, 1.807) is 30.3 Å². The van der Waals surface area contributed by atoms with E-state index < -0.39 is 10.1 Å². The maximum atomic E-state index is 11.9. The molecule has 0 saturated carbocycles. The third-order valence-corrected chi connectivity index (χ3v) is 6.09. The van der Waals surface area contributed by atoms with Crippen molar-refractivity contribution < 1.29 is 53.4 Å². The Labute approximate surface area is 200 Å². The molecule has 0 heterocycles. The minimum Gasteiger partial charge on any atom is -0.266 e. The number of hydrogen-bond donors (Lipinski definition) is 0. The first-order valence-corrected chi connectivity index (χ1v) is 12.0. The fourth-order valence-corrected chi connectivity index (χ4v) is 4.08. The molecule has 0 aliphatic rings. The Bertz CT molecular complexity index is 532. The van der Waals surface area contributed by atoms with E-state index in [2.05, 4.69) is 6.92 Å². The van der Waals surface area contributed by atoms with Gasteiger partial charge in [-0.15, -0.1) is 0 Å². The Hall–Kier alpha value is 0.481. The summed E-state index contributed by atoms with van der Waals surface area (Å²) in [5, 5.41) is 0. The number of benzene rings is 1. The summed E-state index contributed by atoms with van der Waals surface area (Å²) < 4.78 is 29.0. The molecule has 0 spiro atoms. The molecule has 0 aliphatic heterocycles. The van der Waals surface area contributed by atoms with Crippen molar-refractivity contribution in [2.24, 2.45) is 0 Å². The molecular weight excluding hydrogens is 489 g/mol. The number of unbranched alkanes of at least 4 members (excludes halogenated alkanes) is 13. The van der Waals surface area contributed by atoms with Crippen molar-refractivity contribution in [3.63, 3.8) is 0 Å². The molecule has 0 radical (unpaired) electrons. The summed E-state index contributed by atoms with van der Waals surface area (Å²) in [4.78, 5) is 0.241. The van der Waals surface area contributed by atoms with Gasteiger partial charge in [-0.3, -0.25) is 4.18 Å². The van der Waals surface area contributed by atoms with Gasteiger partial charge < -0.3 is 0 Å². The second kappa shape index (κ2) is 18.5. The molecule has 27 heavy (non-hydrogen) atoms. The van der Waals surface area contributed by atoms with E-state index >= 15 is 0 Å². The van der Waals surface area contributed by atoms with Crippen LogP contribution in [-0.4, -0.2) is 15.0 Å². The standard InChI is InChI=1S/C22H38O3S.Nd/c1-2-3-4-5-6-7-8-9-10-11-12-13-14-18-21-25-26(23,24)22-19-16-15-17-20-22;/h15-17,19-20H,2-14,18,21H2,1H3;. The molecule has 0 atom stereocenters. The first-order valence-electron chi connectivity index (χ1n) is 10.6. The molecule has 3 nitrogen and oxygen atoms in total. The predicted octanol–water partition coefficient (Wildman–Crippen LogP) is 6.87. The van der Waals surface area contributed by atoms with Gasteiger partial charge in [0.05, 0.1) is 11.5 Å². The van der Waals surface area contributed by atoms with Crippen LogP contribution in [0.5, 0.6) is 0 Å². The smallest absolute Gasteiger partial charge is 0.266 e. The number of rotatable bonds is 17. The van der Waals surface area contributed by atoms with Crippen LogP contribution in [-0.2, 0) is 14.3 Å². The van der Waals surface area contributed by atoms with Gasteiger partial charge in [0.1, 0.15) is 0 Å². The first kappa shape index (κ1) is 27.5. The van der Waals surface area contributed by atoms with Crippen molar-refractivity contribution in [3.8, 4) is 0 Å². The van der Waals surface area contributed by atoms with E-state index in [1.807, 2.05) is 0 Å². The zero-order valence-corrected chi connectivity index (χ0v) is 21.2. The molecule has 1 aromatic carbocycles. The molecule has 1 aromatic rings. The maximum Gasteiger partial charge on any atom is 0.296 e. The van der Waals surface area contributed by atoms with Crippen LogP contribution in [0.4, 0.5) is 0 Å². The average molecular weight is 527 g/mol. The minimum absolute atomic E-state index is 0. The van der Waals surface area contributed by atoms with Crippen molar-refractivity contribution in [1.29, 1.82) is 0 Å². The minimum atomic E-state index is -3.58. The zero-order valence-electron chi connectivity index (χ0n) is 17.1. The maximum absolute atomic E-state index is 11.9. The van der Waals surface area contributed by atoms with Gasteiger partial charge in [-0.05, 0) is 18.6 Å². The Kier molecular flexibility index (Phi) is 18.8. The monoisotopic (exact) mass is 524 g/mol. The van der Waals surface area contributed by atoms with E-state index in [9.17, 15) is 8.42 Å². The van der Waals surface area contributed by atoms with Crippen LogP contribution in [0.25, 0.3) is 0 Å². The summed E-state index contributed by atoms with van der Waals surface area (Å²) in [6.45, 7) is 2.55. The fourth-order valence-electron chi connectivity index (χ4n) is 3.12. The van der Waals surface area contributed by atoms with Gasteiger partial charge >= 0.3 is 0 Å². The van der Waals surface area contributed by atoms with Crippen molar-refractivity contribution in [2.45, 2.75) is 102 Å². The molecule has 0 bridgehead atoms. The largest absolute Gasteiger partial charge is 0.296 e. The third kappa shape index (κ3) is 15.0. The summed E-state index contributed by atoms with van der Waals surface area (Å²) >= 11 is 0. The number of hydrogen-bond acceptors (Lipinski definition) is 3. The van der Waals surface area contributed by atoms with E-state index in [0.717, 1.165) is 12.8 Å². The second-order valence-electron chi connectivity index (χ2n) is 7.19. The molecule has 0 N–H and O–H groups in total. The van der Waals surface area contributed by atoms with Crippen LogP contribution in [0.15, 0.2) is 35.2 Å². The van der Waals surface area contributed by atoms with Gasteiger partial charge in [0.2, 0.25) is 0 Å². The van der Waals surface area contributed by atoms with Crippen LogP contribution in [0.3, 0.4) is 0 Å². The Morgan fingerprint density at radius 1 is 0.667 bits per heavy atom. The average Bonchev–Trinajstić information content (AvgIpc) is 2.65. The molecule has 1 rings (SSSR count). The SMILES string of the molecule is CCCCCCCCCCCCCCCCOS(=O)(=O)c1ccccc1.[Nd]. The van der Waals surface area contributed by atoms with Crippen molar-refractivity contribution in [3.05, 3.63) is 30.3 Å². The van der Waals surface area contributed by atoms with E-state index in [4.69, 9.17) is 4.18 Å². The Morgan fingerprint density at radius 3 is 1.52 bits per heavy atom. The van der Waals surface area contributed by atoms with E-state index in [-0.39, 0.29) is 52.3 Å². The summed E-state index contributed by atoms with van der Waals surface area (Å²) in [6, 6.07) is 8.36. The van der Waals surface area contributed by atoms with E-state index in [0.29, 0.717) is 0 Å². The Balaban J connectivity index is 0.00000676. The summed E-state index contributed by atoms with van der Waals surface area (Å²) in [5.74, 6) is 0. The van der Waals surface area contributed by atoms with Crippen LogP contribution >= 0.6 is 0 Å². The van der Waals surface area contributed by atoms with Gasteiger partial charge in [-0.1, -0.05) is 109 Å². The normalized spacial score (nSPS) is 11.3. The molecule has 5 heteroatoms. The van der Waals surface area contributed by atoms with Crippen LogP contribution < -0.4 is 0 Å². The molecule has 0 unspecified atom stereocenters. The van der Waals surface area contributed by atoms with Gasteiger partial charge in [-0.25, -0.2) is 0 Å². The molecular formula is C22H38NdO3S. The molecule has 0 fully saturated rings.